The Kier molecular flexibility index (Phi) is 8.05. The molecular weight excluding hydrogens is 532 g/mol. The number of fused-ring (bicyclic) bond motifs is 2. The summed E-state index contributed by atoms with van der Waals surface area (Å²) in [5.41, 5.74) is 5.86. The van der Waals surface area contributed by atoms with Crippen LogP contribution in [0.1, 0.15) is 34.5 Å². The molecule has 0 spiro atoms. The second-order valence-corrected chi connectivity index (χ2v) is 10.3. The van der Waals surface area contributed by atoms with E-state index < -0.39 is 5.97 Å². The van der Waals surface area contributed by atoms with Crippen LogP contribution in [-0.4, -0.2) is 51.7 Å². The molecule has 4 heterocycles. The SMILES string of the molecule is COC(=O)c1c(NC(=O)C2CCOC2)c2cc(NCc3cccc4nccnc34)cnc2n1CCCc1ccccc1. The van der Waals surface area contributed by atoms with Crippen LogP contribution in [0.25, 0.3) is 22.1 Å². The van der Waals surface area contributed by atoms with Crippen molar-refractivity contribution < 1.29 is 19.1 Å². The van der Waals surface area contributed by atoms with Gasteiger partial charge in [0.25, 0.3) is 0 Å². The van der Waals surface area contributed by atoms with Crippen molar-refractivity contribution in [3.05, 3.63) is 90.0 Å². The number of pyridine rings is 1. The number of para-hydroxylation sites is 1. The number of anilines is 2. The van der Waals surface area contributed by atoms with Crippen LogP contribution in [0.4, 0.5) is 11.4 Å². The molecule has 42 heavy (non-hydrogen) atoms. The average molecular weight is 565 g/mol. The fourth-order valence-corrected chi connectivity index (χ4v) is 5.42. The number of carbonyl (C=O) groups is 2. The van der Waals surface area contributed by atoms with Crippen LogP contribution in [-0.2, 0) is 33.8 Å². The molecule has 1 saturated heterocycles. The van der Waals surface area contributed by atoms with Gasteiger partial charge in [-0.2, -0.15) is 0 Å². The zero-order valence-electron chi connectivity index (χ0n) is 23.4. The molecule has 1 amide bonds. The molecule has 5 aromatic rings. The zero-order valence-corrected chi connectivity index (χ0v) is 23.4. The minimum absolute atomic E-state index is 0.186. The van der Waals surface area contributed by atoms with Crippen molar-refractivity contribution in [2.75, 3.05) is 31.0 Å². The Morgan fingerprint density at radius 1 is 1.07 bits per heavy atom. The number of aromatic nitrogens is 4. The van der Waals surface area contributed by atoms with E-state index in [4.69, 9.17) is 14.5 Å². The normalized spacial score (nSPS) is 14.7. The van der Waals surface area contributed by atoms with Crippen LogP contribution in [0.3, 0.4) is 0 Å². The number of carbonyl (C=O) groups excluding carboxylic acids is 2. The lowest BCUT2D eigenvalue weighted by Crippen LogP contribution is -2.24. The van der Waals surface area contributed by atoms with Gasteiger partial charge < -0.3 is 24.7 Å². The van der Waals surface area contributed by atoms with Crippen molar-refractivity contribution in [1.82, 2.24) is 19.5 Å². The first-order chi connectivity index (χ1) is 20.6. The van der Waals surface area contributed by atoms with Gasteiger partial charge in [0.2, 0.25) is 5.91 Å². The molecule has 6 rings (SSSR count). The summed E-state index contributed by atoms with van der Waals surface area (Å²) in [6, 6.07) is 18.0. The van der Waals surface area contributed by atoms with Gasteiger partial charge in [-0.25, -0.2) is 9.78 Å². The Bertz CT molecular complexity index is 1720. The van der Waals surface area contributed by atoms with E-state index in [1.54, 1.807) is 18.6 Å². The molecule has 3 aromatic heterocycles. The van der Waals surface area contributed by atoms with Crippen molar-refractivity contribution >= 4 is 45.3 Å². The maximum Gasteiger partial charge on any atom is 0.356 e. The number of hydrogen-bond acceptors (Lipinski definition) is 8. The van der Waals surface area contributed by atoms with Crippen molar-refractivity contribution in [3.8, 4) is 0 Å². The fraction of sp³-hybridized carbons (Fsp3) is 0.281. The molecule has 10 heteroatoms. The molecule has 1 unspecified atom stereocenters. The van der Waals surface area contributed by atoms with E-state index in [0.717, 1.165) is 35.1 Å². The molecule has 214 valence electrons. The minimum atomic E-state index is -0.533. The maximum absolute atomic E-state index is 13.2. The standard InChI is InChI=1S/C32H32N6O4/c1-41-32(40)29-28(37-31(39)23-12-16-42-20-23)25-17-24(35-18-22-10-5-11-26-27(22)34-14-13-33-26)19-36-30(25)38(29)15-6-9-21-7-3-2-4-8-21/h2-5,7-8,10-11,13-14,17,19,23,35H,6,9,12,15-16,18,20H2,1H3,(H,37,39). The van der Waals surface area contributed by atoms with Crippen LogP contribution in [0.5, 0.6) is 0 Å². The molecule has 0 bridgehead atoms. The smallest absolute Gasteiger partial charge is 0.356 e. The summed E-state index contributed by atoms with van der Waals surface area (Å²) in [5.74, 6) is -1.00. The number of nitrogens with zero attached hydrogens (tertiary/aromatic N) is 4. The third-order valence-electron chi connectivity index (χ3n) is 7.58. The highest BCUT2D eigenvalue weighted by Crippen LogP contribution is 2.34. The van der Waals surface area contributed by atoms with Crippen molar-refractivity contribution in [1.29, 1.82) is 0 Å². The fourth-order valence-electron chi connectivity index (χ4n) is 5.42. The van der Waals surface area contributed by atoms with Gasteiger partial charge in [-0.3, -0.25) is 14.8 Å². The van der Waals surface area contributed by atoms with E-state index in [1.165, 1.54) is 12.7 Å². The van der Waals surface area contributed by atoms with E-state index >= 15 is 0 Å². The molecule has 1 aliphatic heterocycles. The molecule has 1 aliphatic rings. The molecule has 0 aliphatic carbocycles. The molecular formula is C32H32N6O4. The molecule has 2 N–H and O–H groups in total. The Labute approximate surface area is 243 Å². The number of methoxy groups -OCH3 is 1. The van der Waals surface area contributed by atoms with Crippen LogP contribution >= 0.6 is 0 Å². The summed E-state index contributed by atoms with van der Waals surface area (Å²) in [7, 11) is 1.35. The van der Waals surface area contributed by atoms with Gasteiger partial charge >= 0.3 is 5.97 Å². The third-order valence-corrected chi connectivity index (χ3v) is 7.58. The Hall–Kier alpha value is -4.83. The Balaban J connectivity index is 1.35. The summed E-state index contributed by atoms with van der Waals surface area (Å²) < 4.78 is 12.5. The molecule has 1 fully saturated rings. The van der Waals surface area contributed by atoms with Crippen molar-refractivity contribution in [3.63, 3.8) is 0 Å². The second-order valence-electron chi connectivity index (χ2n) is 10.3. The lowest BCUT2D eigenvalue weighted by molar-refractivity contribution is -0.119. The Morgan fingerprint density at radius 2 is 1.93 bits per heavy atom. The summed E-state index contributed by atoms with van der Waals surface area (Å²) in [5, 5.41) is 7.12. The van der Waals surface area contributed by atoms with Crippen molar-refractivity contribution in [2.45, 2.75) is 32.4 Å². The molecule has 1 atom stereocenters. The molecule has 0 saturated carbocycles. The highest BCUT2D eigenvalue weighted by Gasteiger charge is 2.29. The second kappa shape index (κ2) is 12.4. The van der Waals surface area contributed by atoms with Crippen LogP contribution < -0.4 is 10.6 Å². The average Bonchev–Trinajstić information content (AvgIpc) is 3.67. The third kappa shape index (κ3) is 5.66. The van der Waals surface area contributed by atoms with E-state index in [1.807, 2.05) is 47.0 Å². The van der Waals surface area contributed by atoms with Gasteiger partial charge in [-0.15, -0.1) is 0 Å². The number of ether oxygens (including phenoxy) is 2. The highest BCUT2D eigenvalue weighted by molar-refractivity contribution is 6.11. The summed E-state index contributed by atoms with van der Waals surface area (Å²) in [6.45, 7) is 1.91. The number of esters is 1. The lowest BCUT2D eigenvalue weighted by Gasteiger charge is -2.12. The van der Waals surface area contributed by atoms with Gasteiger partial charge in [-0.1, -0.05) is 42.5 Å². The zero-order chi connectivity index (χ0) is 28.9. The monoisotopic (exact) mass is 564 g/mol. The number of aryl methyl sites for hydroxylation is 2. The van der Waals surface area contributed by atoms with Crippen molar-refractivity contribution in [2.24, 2.45) is 5.92 Å². The molecule has 0 radical (unpaired) electrons. The topological polar surface area (TPSA) is 120 Å². The number of amides is 1. The van der Waals surface area contributed by atoms with Gasteiger partial charge in [-0.05, 0) is 42.5 Å². The van der Waals surface area contributed by atoms with Gasteiger partial charge in [0, 0.05) is 37.5 Å². The quantitative estimate of drug-likeness (QED) is 0.228. The number of rotatable bonds is 10. The maximum atomic E-state index is 13.2. The number of nitrogens with one attached hydrogen (secondary N) is 2. The Morgan fingerprint density at radius 3 is 2.74 bits per heavy atom. The van der Waals surface area contributed by atoms with Crippen LogP contribution in [0.15, 0.2) is 73.2 Å². The summed E-state index contributed by atoms with van der Waals surface area (Å²) in [4.78, 5) is 40.1. The van der Waals surface area contributed by atoms with Crippen LogP contribution in [0, 0.1) is 5.92 Å². The minimum Gasteiger partial charge on any atom is -0.464 e. The summed E-state index contributed by atoms with van der Waals surface area (Å²) >= 11 is 0. The first-order valence-corrected chi connectivity index (χ1v) is 14.1. The van der Waals surface area contributed by atoms with Gasteiger partial charge in [0.1, 0.15) is 5.65 Å². The van der Waals surface area contributed by atoms with E-state index in [-0.39, 0.29) is 17.5 Å². The first-order valence-electron chi connectivity index (χ1n) is 14.1. The molecule has 2 aromatic carbocycles. The van der Waals surface area contributed by atoms with Gasteiger partial charge in [0.05, 0.1) is 48.2 Å². The largest absolute Gasteiger partial charge is 0.464 e. The highest BCUT2D eigenvalue weighted by atomic mass is 16.5. The van der Waals surface area contributed by atoms with Gasteiger partial charge in [0.15, 0.2) is 5.69 Å². The first kappa shape index (κ1) is 27.3. The molecule has 10 nitrogen and oxygen atoms in total. The predicted molar refractivity (Wildman–Crippen MR) is 160 cm³/mol. The van der Waals surface area contributed by atoms with E-state index in [9.17, 15) is 9.59 Å². The lowest BCUT2D eigenvalue weighted by atomic mass is 10.1. The summed E-state index contributed by atoms with van der Waals surface area (Å²) in [6.07, 6.45) is 7.33. The number of benzene rings is 2. The van der Waals surface area contributed by atoms with Crippen LogP contribution in [0.2, 0.25) is 0 Å². The van der Waals surface area contributed by atoms with E-state index in [2.05, 4.69) is 32.7 Å². The van der Waals surface area contributed by atoms with E-state index in [0.29, 0.717) is 49.4 Å². The number of hydrogen-bond donors (Lipinski definition) is 2. The predicted octanol–water partition coefficient (Wildman–Crippen LogP) is 4.99.